The van der Waals surface area contributed by atoms with Crippen LogP contribution in [-0.2, 0) is 13.1 Å². The summed E-state index contributed by atoms with van der Waals surface area (Å²) in [7, 11) is 2.87. The van der Waals surface area contributed by atoms with Crippen molar-refractivity contribution in [1.29, 1.82) is 0 Å². The molecule has 0 radical (unpaired) electrons. The molecule has 132 valence electrons. The Labute approximate surface area is 160 Å². The Morgan fingerprint density at radius 2 is 1.33 bits per heavy atom. The quantitative estimate of drug-likeness (QED) is 0.598. The number of halogens is 1. The molecular weight excluding hydrogens is 396 g/mol. The lowest BCUT2D eigenvalue weighted by atomic mass is 10.2. The number of benzene rings is 2. The number of rotatable bonds is 6. The van der Waals surface area contributed by atoms with E-state index in [2.05, 4.69) is 87.7 Å². The Balaban J connectivity index is 0.000000254. The first-order valence-corrected chi connectivity index (χ1v) is 14.0. The van der Waals surface area contributed by atoms with Gasteiger partial charge in [0.2, 0.25) is 0 Å². The molecule has 0 spiro atoms. The minimum atomic E-state index is -1.07. The second-order valence-corrected chi connectivity index (χ2v) is 16.5. The van der Waals surface area contributed by atoms with Crippen molar-refractivity contribution in [1.82, 2.24) is 10.6 Å². The lowest BCUT2D eigenvalue weighted by molar-refractivity contribution is 0.803. The fourth-order valence-electron chi connectivity index (χ4n) is 2.10. The third kappa shape index (κ3) is 8.49. The molecule has 2 aromatic rings. The maximum Gasteiger partial charge on any atom is 0.114 e. The zero-order valence-electron chi connectivity index (χ0n) is 15.3. The largest absolute Gasteiger partial charge is 0.316 e. The van der Waals surface area contributed by atoms with Crippen molar-refractivity contribution < 1.29 is 0 Å². The van der Waals surface area contributed by atoms with Gasteiger partial charge in [-0.05, 0) is 37.4 Å². The molecule has 0 fully saturated rings. The second-order valence-electron chi connectivity index (χ2n) is 6.47. The van der Waals surface area contributed by atoms with Crippen LogP contribution < -0.4 is 10.6 Å². The summed E-state index contributed by atoms with van der Waals surface area (Å²) in [6, 6.07) is 16.9. The van der Waals surface area contributed by atoms with Crippen LogP contribution in [0.2, 0.25) is 19.6 Å². The Kier molecular flexibility index (Phi) is 9.93. The summed E-state index contributed by atoms with van der Waals surface area (Å²) < 4.78 is 1.17. The van der Waals surface area contributed by atoms with Crippen molar-refractivity contribution in [2.45, 2.75) is 37.6 Å². The van der Waals surface area contributed by atoms with E-state index in [0.29, 0.717) is 0 Å². The summed E-state index contributed by atoms with van der Waals surface area (Å²) in [6.45, 7) is 9.03. The molecule has 5 heteroatoms. The lowest BCUT2D eigenvalue weighted by Gasteiger charge is -2.17. The smallest absolute Gasteiger partial charge is 0.114 e. The lowest BCUT2D eigenvalue weighted by Crippen LogP contribution is -2.15. The van der Waals surface area contributed by atoms with Crippen molar-refractivity contribution in [3.63, 3.8) is 0 Å². The minimum absolute atomic E-state index is 0.918. The number of nitrogens with one attached hydrogen (secondary N) is 2. The summed E-state index contributed by atoms with van der Waals surface area (Å²) in [4.78, 5) is 1.45. The van der Waals surface area contributed by atoms with E-state index >= 15 is 0 Å². The van der Waals surface area contributed by atoms with Crippen LogP contribution in [0.5, 0.6) is 0 Å². The summed E-state index contributed by atoms with van der Waals surface area (Å²) in [5.41, 5.74) is 2.72. The van der Waals surface area contributed by atoms with Crippen LogP contribution in [-0.4, -0.2) is 21.3 Å². The molecule has 0 amide bonds. The van der Waals surface area contributed by atoms with Gasteiger partial charge in [-0.25, -0.2) is 0 Å². The van der Waals surface area contributed by atoms with Crippen molar-refractivity contribution in [2.75, 3.05) is 14.1 Å². The van der Waals surface area contributed by atoms with Gasteiger partial charge in [0.05, 0.1) is 0 Å². The fourth-order valence-corrected chi connectivity index (χ4v) is 6.18. The van der Waals surface area contributed by atoms with E-state index in [-0.39, 0.29) is 0 Å². The molecule has 0 aliphatic rings. The van der Waals surface area contributed by atoms with E-state index in [1.807, 2.05) is 32.3 Å². The van der Waals surface area contributed by atoms with E-state index in [1.54, 1.807) is 0 Å². The van der Waals surface area contributed by atoms with Crippen LogP contribution in [0.1, 0.15) is 11.1 Å². The molecule has 0 saturated carbocycles. The van der Waals surface area contributed by atoms with Crippen LogP contribution in [0.3, 0.4) is 0 Å². The van der Waals surface area contributed by atoms with Crippen LogP contribution in [0.25, 0.3) is 0 Å². The molecule has 2 N–H and O–H groups in total. The van der Waals surface area contributed by atoms with Crippen molar-refractivity contribution in [3.8, 4) is 0 Å². The molecule has 0 unspecified atom stereocenters. The van der Waals surface area contributed by atoms with Crippen LogP contribution >= 0.6 is 27.1 Å². The maximum atomic E-state index is 3.46. The van der Waals surface area contributed by atoms with E-state index in [1.165, 1.54) is 20.5 Å². The molecule has 0 heterocycles. The molecule has 2 aromatic carbocycles. The van der Waals surface area contributed by atoms with Gasteiger partial charge in [-0.1, -0.05) is 72.0 Å². The Hall–Kier alpha value is -0.593. The molecule has 2 rings (SSSR count). The van der Waals surface area contributed by atoms with Gasteiger partial charge in [0, 0.05) is 22.5 Å². The van der Waals surface area contributed by atoms with Crippen molar-refractivity contribution in [3.05, 3.63) is 64.1 Å². The van der Waals surface area contributed by atoms with Gasteiger partial charge in [-0.3, -0.25) is 0 Å². The molecule has 0 aromatic heterocycles. The van der Waals surface area contributed by atoms with Crippen molar-refractivity contribution in [2.24, 2.45) is 0 Å². The minimum Gasteiger partial charge on any atom is -0.316 e. The zero-order valence-corrected chi connectivity index (χ0v) is 18.7. The second kappa shape index (κ2) is 11.1. The van der Waals surface area contributed by atoms with E-state index in [4.69, 9.17) is 0 Å². The van der Waals surface area contributed by atoms with Crippen LogP contribution in [0.15, 0.2) is 57.9 Å². The van der Waals surface area contributed by atoms with Crippen LogP contribution in [0, 0.1) is 0 Å². The summed E-state index contributed by atoms with van der Waals surface area (Å²) in [5, 5.41) is 6.31. The monoisotopic (exact) mass is 424 g/mol. The van der Waals surface area contributed by atoms with Gasteiger partial charge in [0.15, 0.2) is 0 Å². The highest BCUT2D eigenvalue weighted by Crippen LogP contribution is 2.31. The highest BCUT2D eigenvalue weighted by molar-refractivity contribution is 9.10. The third-order valence-corrected chi connectivity index (χ3v) is 7.58. The highest BCUT2D eigenvalue weighted by atomic mass is 79.9. The molecule has 0 bridgehead atoms. The van der Waals surface area contributed by atoms with Gasteiger partial charge in [0.1, 0.15) is 7.22 Å². The molecule has 0 atom stereocenters. The molecule has 0 aliphatic carbocycles. The van der Waals surface area contributed by atoms with Gasteiger partial charge in [0.25, 0.3) is 0 Å². The SMILES string of the molecule is CNCc1ccccc1Br.CNCc1ccccc1S[Si](C)(C)C. The van der Waals surface area contributed by atoms with Gasteiger partial charge >= 0.3 is 0 Å². The molecule has 2 nitrogen and oxygen atoms in total. The van der Waals surface area contributed by atoms with Crippen LogP contribution in [0.4, 0.5) is 0 Å². The topological polar surface area (TPSA) is 24.1 Å². The summed E-state index contributed by atoms with van der Waals surface area (Å²) >= 11 is 5.52. The zero-order chi connectivity index (χ0) is 18.0. The first-order valence-electron chi connectivity index (χ1n) is 8.17. The van der Waals surface area contributed by atoms with Gasteiger partial charge in [-0.15, -0.1) is 0 Å². The standard InChI is InChI=1S/C11H19NSSi.C8H10BrN/c1-12-9-10-7-5-6-8-11(10)13-14(2,3)4;1-10-6-7-4-2-3-5-8(7)9/h5-8,12H,9H2,1-4H3;2-5,10H,6H2,1H3. The third-order valence-electron chi connectivity index (χ3n) is 3.08. The molecular formula is C19H29BrN2SSi. The van der Waals surface area contributed by atoms with E-state index in [9.17, 15) is 0 Å². The summed E-state index contributed by atoms with van der Waals surface area (Å²) in [5.74, 6) is 0. The Morgan fingerprint density at radius 3 is 1.88 bits per heavy atom. The molecule has 24 heavy (non-hydrogen) atoms. The Morgan fingerprint density at radius 1 is 0.833 bits per heavy atom. The molecule has 0 aliphatic heterocycles. The van der Waals surface area contributed by atoms with Gasteiger partial charge in [-0.2, -0.15) is 11.2 Å². The molecule has 0 saturated heterocycles. The van der Waals surface area contributed by atoms with E-state index in [0.717, 1.165) is 13.1 Å². The summed E-state index contributed by atoms with van der Waals surface area (Å²) in [6.07, 6.45) is 0. The van der Waals surface area contributed by atoms with Crippen molar-refractivity contribution >= 4 is 34.4 Å². The predicted octanol–water partition coefficient (Wildman–Crippen LogP) is 5.50. The van der Waals surface area contributed by atoms with E-state index < -0.39 is 7.22 Å². The maximum absolute atomic E-state index is 3.46. The average molecular weight is 426 g/mol. The predicted molar refractivity (Wildman–Crippen MR) is 115 cm³/mol. The normalized spacial score (nSPS) is 10.9. The first kappa shape index (κ1) is 21.4. The number of hydrogen-bond acceptors (Lipinski definition) is 3. The fraction of sp³-hybridized carbons (Fsp3) is 0.368. The number of hydrogen-bond donors (Lipinski definition) is 2. The Bertz CT molecular complexity index is 614. The first-order chi connectivity index (χ1) is 11.4. The average Bonchev–Trinajstić information content (AvgIpc) is 2.51. The van der Waals surface area contributed by atoms with Gasteiger partial charge < -0.3 is 10.6 Å². The highest BCUT2D eigenvalue weighted by Gasteiger charge is 2.16.